The van der Waals surface area contributed by atoms with Crippen molar-refractivity contribution in [2.45, 2.75) is 13.0 Å². The van der Waals surface area contributed by atoms with Crippen molar-refractivity contribution in [3.05, 3.63) is 35.4 Å². The maximum absolute atomic E-state index is 11.0. The topological polar surface area (TPSA) is 55.4 Å². The smallest absolute Gasteiger partial charge is 0.309 e. The first-order valence-corrected chi connectivity index (χ1v) is 4.58. The normalized spacial score (nSPS) is 9.40. The first kappa shape index (κ1) is 11.2. The van der Waals surface area contributed by atoms with Crippen molar-refractivity contribution in [3.63, 3.8) is 0 Å². The van der Waals surface area contributed by atoms with Crippen LogP contribution in [0.5, 0.6) is 0 Å². The highest BCUT2D eigenvalue weighted by Crippen LogP contribution is 2.05. The Labute approximate surface area is 88.2 Å². The average molecular weight is 207 g/mol. The van der Waals surface area contributed by atoms with Gasteiger partial charge in [0.05, 0.1) is 13.5 Å². The van der Waals surface area contributed by atoms with Crippen LogP contribution in [0.25, 0.3) is 0 Å². The zero-order valence-electron chi connectivity index (χ0n) is 8.53. The lowest BCUT2D eigenvalue weighted by molar-refractivity contribution is -0.139. The van der Waals surface area contributed by atoms with E-state index in [4.69, 9.17) is 0 Å². The van der Waals surface area contributed by atoms with Crippen molar-refractivity contribution in [1.29, 1.82) is 0 Å². The summed E-state index contributed by atoms with van der Waals surface area (Å²) in [6, 6.07) is 7.43. The largest absolute Gasteiger partial charge is 0.469 e. The lowest BCUT2D eigenvalue weighted by Crippen LogP contribution is -2.10. The fourth-order valence-electron chi connectivity index (χ4n) is 1.17. The molecule has 0 saturated carbocycles. The lowest BCUT2D eigenvalue weighted by Gasteiger charge is -2.02. The predicted molar refractivity (Wildman–Crippen MR) is 55.1 cm³/mol. The van der Waals surface area contributed by atoms with Gasteiger partial charge in [-0.05, 0) is 11.1 Å². The third kappa shape index (κ3) is 3.81. The molecule has 4 nitrogen and oxygen atoms in total. The van der Waals surface area contributed by atoms with Gasteiger partial charge in [-0.2, -0.15) is 0 Å². The molecule has 15 heavy (non-hydrogen) atoms. The average Bonchev–Trinajstić information content (AvgIpc) is 2.28. The molecule has 0 heterocycles. The van der Waals surface area contributed by atoms with Crippen LogP contribution in [-0.2, 0) is 27.3 Å². The van der Waals surface area contributed by atoms with Gasteiger partial charge in [0.1, 0.15) is 0 Å². The second kappa shape index (κ2) is 5.80. The standard InChI is InChI=1S/C11H13NO3/c1-15-11(14)6-9-2-4-10(5-3-9)7-12-8-13/h2-5,8H,6-7H2,1H3,(H,12,13). The molecular formula is C11H13NO3. The molecule has 1 rings (SSSR count). The van der Waals surface area contributed by atoms with Crippen LogP contribution in [0.15, 0.2) is 24.3 Å². The minimum Gasteiger partial charge on any atom is -0.469 e. The first-order chi connectivity index (χ1) is 7.26. The summed E-state index contributed by atoms with van der Waals surface area (Å²) in [6.07, 6.45) is 0.931. The second-order valence-corrected chi connectivity index (χ2v) is 3.07. The number of rotatable bonds is 5. The third-order valence-electron chi connectivity index (χ3n) is 1.99. The molecule has 0 spiro atoms. The number of esters is 1. The van der Waals surface area contributed by atoms with E-state index in [1.165, 1.54) is 7.11 Å². The Morgan fingerprint density at radius 2 is 1.93 bits per heavy atom. The van der Waals surface area contributed by atoms with Gasteiger partial charge in [-0.3, -0.25) is 9.59 Å². The summed E-state index contributed by atoms with van der Waals surface area (Å²) >= 11 is 0. The van der Waals surface area contributed by atoms with Gasteiger partial charge in [-0.1, -0.05) is 24.3 Å². The number of methoxy groups -OCH3 is 1. The van der Waals surface area contributed by atoms with Gasteiger partial charge in [0, 0.05) is 6.54 Å². The van der Waals surface area contributed by atoms with Crippen LogP contribution in [0.2, 0.25) is 0 Å². The summed E-state index contributed by atoms with van der Waals surface area (Å²) in [6.45, 7) is 0.502. The zero-order valence-corrected chi connectivity index (χ0v) is 8.53. The highest BCUT2D eigenvalue weighted by molar-refractivity contribution is 5.72. The lowest BCUT2D eigenvalue weighted by atomic mass is 10.1. The van der Waals surface area contributed by atoms with E-state index in [-0.39, 0.29) is 12.4 Å². The number of benzene rings is 1. The number of carbonyl (C=O) groups excluding carboxylic acids is 2. The van der Waals surface area contributed by atoms with E-state index < -0.39 is 0 Å². The Morgan fingerprint density at radius 3 is 2.47 bits per heavy atom. The van der Waals surface area contributed by atoms with Gasteiger partial charge >= 0.3 is 5.97 Å². The van der Waals surface area contributed by atoms with Crippen LogP contribution in [-0.4, -0.2) is 19.5 Å². The Kier molecular flexibility index (Phi) is 4.34. The molecule has 0 fully saturated rings. The van der Waals surface area contributed by atoms with E-state index >= 15 is 0 Å². The van der Waals surface area contributed by atoms with Crippen LogP contribution in [0.1, 0.15) is 11.1 Å². The van der Waals surface area contributed by atoms with Crippen molar-refractivity contribution in [2.24, 2.45) is 0 Å². The molecule has 1 N–H and O–H groups in total. The summed E-state index contributed by atoms with van der Waals surface area (Å²) in [5, 5.41) is 2.56. The zero-order chi connectivity index (χ0) is 11.1. The number of hydrogen-bond acceptors (Lipinski definition) is 3. The Balaban J connectivity index is 2.55. The fourth-order valence-corrected chi connectivity index (χ4v) is 1.17. The molecule has 4 heteroatoms. The monoisotopic (exact) mass is 207 g/mol. The van der Waals surface area contributed by atoms with Gasteiger partial charge in [0.15, 0.2) is 0 Å². The molecular weight excluding hydrogens is 194 g/mol. The Morgan fingerprint density at radius 1 is 1.33 bits per heavy atom. The first-order valence-electron chi connectivity index (χ1n) is 4.58. The molecule has 0 aliphatic rings. The predicted octanol–water partition coefficient (Wildman–Crippen LogP) is 0.648. The molecule has 0 aromatic heterocycles. The maximum atomic E-state index is 11.0. The summed E-state index contributed by atoms with van der Waals surface area (Å²) < 4.78 is 4.55. The Hall–Kier alpha value is -1.84. The van der Waals surface area contributed by atoms with E-state index in [9.17, 15) is 9.59 Å². The van der Waals surface area contributed by atoms with Crippen molar-refractivity contribution in [1.82, 2.24) is 5.32 Å². The van der Waals surface area contributed by atoms with Gasteiger partial charge in [-0.25, -0.2) is 0 Å². The molecule has 1 aromatic carbocycles. The summed E-state index contributed by atoms with van der Waals surface area (Å²) in [7, 11) is 1.37. The van der Waals surface area contributed by atoms with E-state index in [0.29, 0.717) is 13.0 Å². The van der Waals surface area contributed by atoms with Gasteiger partial charge in [0.25, 0.3) is 0 Å². The van der Waals surface area contributed by atoms with E-state index in [2.05, 4.69) is 10.1 Å². The van der Waals surface area contributed by atoms with E-state index in [0.717, 1.165) is 11.1 Å². The molecule has 0 bridgehead atoms. The molecule has 0 aliphatic heterocycles. The minimum atomic E-state index is -0.256. The van der Waals surface area contributed by atoms with Gasteiger partial charge < -0.3 is 10.1 Å². The number of ether oxygens (including phenoxy) is 1. The van der Waals surface area contributed by atoms with Gasteiger partial charge in [-0.15, -0.1) is 0 Å². The van der Waals surface area contributed by atoms with Crippen LogP contribution in [0.4, 0.5) is 0 Å². The quantitative estimate of drug-likeness (QED) is 0.569. The highest BCUT2D eigenvalue weighted by Gasteiger charge is 2.01. The molecule has 0 saturated heterocycles. The summed E-state index contributed by atoms with van der Waals surface area (Å²) in [5.74, 6) is -0.256. The maximum Gasteiger partial charge on any atom is 0.309 e. The molecule has 0 aliphatic carbocycles. The number of hydrogen-bond donors (Lipinski definition) is 1. The molecule has 80 valence electrons. The minimum absolute atomic E-state index is 0.256. The SMILES string of the molecule is COC(=O)Cc1ccc(CNC=O)cc1. The van der Waals surface area contributed by atoms with Crippen LogP contribution in [0, 0.1) is 0 Å². The summed E-state index contributed by atoms with van der Waals surface area (Å²) in [5.41, 5.74) is 1.90. The van der Waals surface area contributed by atoms with Crippen LogP contribution in [0.3, 0.4) is 0 Å². The highest BCUT2D eigenvalue weighted by atomic mass is 16.5. The summed E-state index contributed by atoms with van der Waals surface area (Å²) in [4.78, 5) is 21.0. The van der Waals surface area contributed by atoms with E-state index in [1.807, 2.05) is 24.3 Å². The van der Waals surface area contributed by atoms with Crippen LogP contribution >= 0.6 is 0 Å². The van der Waals surface area contributed by atoms with Gasteiger partial charge in [0.2, 0.25) is 6.41 Å². The fraction of sp³-hybridized carbons (Fsp3) is 0.273. The Bertz CT molecular complexity index is 332. The molecule has 0 atom stereocenters. The number of amides is 1. The number of carbonyl (C=O) groups is 2. The van der Waals surface area contributed by atoms with Crippen molar-refractivity contribution in [2.75, 3.05) is 7.11 Å². The van der Waals surface area contributed by atoms with Crippen LogP contribution < -0.4 is 5.32 Å². The van der Waals surface area contributed by atoms with Crippen molar-refractivity contribution < 1.29 is 14.3 Å². The van der Waals surface area contributed by atoms with Crippen molar-refractivity contribution in [3.8, 4) is 0 Å². The van der Waals surface area contributed by atoms with E-state index in [1.54, 1.807) is 0 Å². The molecule has 1 aromatic rings. The van der Waals surface area contributed by atoms with Crippen molar-refractivity contribution >= 4 is 12.4 Å². The molecule has 1 amide bonds. The second-order valence-electron chi connectivity index (χ2n) is 3.07. The number of nitrogens with one attached hydrogen (secondary N) is 1. The molecule has 0 unspecified atom stereocenters. The third-order valence-corrected chi connectivity index (χ3v) is 1.99. The molecule has 0 radical (unpaired) electrons.